The van der Waals surface area contributed by atoms with Crippen LogP contribution in [0.4, 0.5) is 0 Å². The van der Waals surface area contributed by atoms with Crippen LogP contribution in [0.5, 0.6) is 23.0 Å². The molecule has 1 aliphatic carbocycles. The largest absolute Gasteiger partial charge is 0.507 e. The molecule has 4 aromatic rings. The molecule has 5 heteroatoms. The van der Waals surface area contributed by atoms with Gasteiger partial charge in [0.2, 0.25) is 0 Å². The molecule has 0 fully saturated rings. The summed E-state index contributed by atoms with van der Waals surface area (Å²) in [4.78, 5) is 12.3. The van der Waals surface area contributed by atoms with Crippen LogP contribution in [0.15, 0.2) is 48.5 Å². The van der Waals surface area contributed by atoms with Crippen molar-refractivity contribution in [3.63, 3.8) is 0 Å². The third kappa shape index (κ3) is 6.97. The number of methoxy groups -OCH3 is 2. The monoisotopic (exact) mass is 648 g/mol. The van der Waals surface area contributed by atoms with Crippen LogP contribution in [0.25, 0.3) is 0 Å². The quantitative estimate of drug-likeness (QED) is 0.191. The minimum absolute atomic E-state index is 0.153. The SMILES string of the molecule is COc1c2cc(C(C)(C)C)cc1Cc1cc(C(C)(C)C)cc(c1O)Cc1cc(C(C)(C)C)cc(c1OC)Cc1cc(C=O)cc(c1O)C2. The lowest BCUT2D eigenvalue weighted by molar-refractivity contribution is 0.112. The molecule has 5 nitrogen and oxygen atoms in total. The topological polar surface area (TPSA) is 76.0 Å². The molecule has 48 heavy (non-hydrogen) atoms. The van der Waals surface area contributed by atoms with Gasteiger partial charge >= 0.3 is 0 Å². The predicted octanol–water partition coefficient (Wildman–Crippen LogP) is 9.50. The van der Waals surface area contributed by atoms with Crippen LogP contribution in [0.2, 0.25) is 0 Å². The Morgan fingerprint density at radius 3 is 0.958 bits per heavy atom. The van der Waals surface area contributed by atoms with Gasteiger partial charge in [0.05, 0.1) is 14.2 Å². The second-order valence-corrected chi connectivity index (χ2v) is 16.6. The maximum Gasteiger partial charge on any atom is 0.150 e. The van der Waals surface area contributed by atoms with Gasteiger partial charge in [0.25, 0.3) is 0 Å². The standard InChI is InChI=1S/C43H52O5/c1-41(2,3)34-18-28-16-32-22-35(42(4,5)6)20-30(39(32)47-10)14-26-12-25(24-44)13-27(37(26)45)15-31-21-36(43(7,8)9)23-33(40(31)48-11)17-29(19-34)38(28)46/h12-13,18-24,45-46H,14-17H2,1-11H3. The molecule has 0 saturated heterocycles. The molecule has 1 aliphatic rings. The molecule has 0 heterocycles. The number of benzene rings is 4. The number of phenolic OH excluding ortho intramolecular Hbond substituents is 2. The summed E-state index contributed by atoms with van der Waals surface area (Å²) in [5.74, 6) is 1.88. The first-order valence-corrected chi connectivity index (χ1v) is 16.9. The van der Waals surface area contributed by atoms with E-state index in [9.17, 15) is 15.0 Å². The third-order valence-electron chi connectivity index (χ3n) is 9.71. The predicted molar refractivity (Wildman–Crippen MR) is 195 cm³/mol. The molecule has 8 bridgehead atoms. The van der Waals surface area contributed by atoms with Crippen LogP contribution in [-0.4, -0.2) is 30.7 Å². The van der Waals surface area contributed by atoms with Gasteiger partial charge in [-0.3, -0.25) is 4.79 Å². The van der Waals surface area contributed by atoms with Crippen molar-refractivity contribution in [1.29, 1.82) is 0 Å². The Hall–Kier alpha value is -4.25. The Bertz CT molecular complexity index is 1760. The van der Waals surface area contributed by atoms with Crippen LogP contribution < -0.4 is 9.47 Å². The number of fused-ring (bicyclic) bond motifs is 8. The summed E-state index contributed by atoms with van der Waals surface area (Å²) < 4.78 is 12.3. The highest BCUT2D eigenvalue weighted by atomic mass is 16.5. The summed E-state index contributed by atoms with van der Waals surface area (Å²) in [6.07, 6.45) is 2.49. The van der Waals surface area contributed by atoms with E-state index < -0.39 is 0 Å². The van der Waals surface area contributed by atoms with Gasteiger partial charge in [-0.2, -0.15) is 0 Å². The minimum Gasteiger partial charge on any atom is -0.507 e. The Morgan fingerprint density at radius 2 is 0.729 bits per heavy atom. The smallest absolute Gasteiger partial charge is 0.150 e. The van der Waals surface area contributed by atoms with Gasteiger partial charge < -0.3 is 19.7 Å². The van der Waals surface area contributed by atoms with E-state index in [1.807, 2.05) is 0 Å². The lowest BCUT2D eigenvalue weighted by Crippen LogP contribution is -2.15. The zero-order valence-electron chi connectivity index (χ0n) is 30.6. The molecule has 2 N–H and O–H groups in total. The molecule has 0 aromatic heterocycles. The molecule has 0 unspecified atom stereocenters. The number of hydrogen-bond donors (Lipinski definition) is 2. The summed E-state index contributed by atoms with van der Waals surface area (Å²) in [7, 11) is 3.35. The Kier molecular flexibility index (Phi) is 9.24. The van der Waals surface area contributed by atoms with E-state index in [1.54, 1.807) is 26.4 Å². The fourth-order valence-electron chi connectivity index (χ4n) is 6.83. The molecule has 5 rings (SSSR count). The average molecular weight is 649 g/mol. The maximum atomic E-state index is 12.3. The van der Waals surface area contributed by atoms with Crippen LogP contribution in [0.3, 0.4) is 0 Å². The molecule has 0 saturated carbocycles. The van der Waals surface area contributed by atoms with E-state index in [2.05, 4.69) is 98.7 Å². The molecular formula is C43H52O5. The molecule has 0 aliphatic heterocycles. The second-order valence-electron chi connectivity index (χ2n) is 16.6. The van der Waals surface area contributed by atoms with E-state index in [1.165, 1.54) is 0 Å². The number of carbonyl (C=O) groups excluding carboxylic acids is 1. The zero-order valence-corrected chi connectivity index (χ0v) is 30.6. The number of aromatic hydroxyl groups is 2. The molecule has 0 amide bonds. The van der Waals surface area contributed by atoms with Gasteiger partial charge in [-0.05, 0) is 89.6 Å². The number of aldehydes is 1. The van der Waals surface area contributed by atoms with E-state index in [4.69, 9.17) is 9.47 Å². The number of carbonyl (C=O) groups is 1. The highest BCUT2D eigenvalue weighted by molar-refractivity contribution is 5.77. The van der Waals surface area contributed by atoms with Crippen molar-refractivity contribution in [2.75, 3.05) is 14.2 Å². The lowest BCUT2D eigenvalue weighted by atomic mass is 9.80. The van der Waals surface area contributed by atoms with Gasteiger partial charge in [0.1, 0.15) is 29.3 Å². The molecule has 0 atom stereocenters. The Balaban J connectivity index is 1.91. The van der Waals surface area contributed by atoms with Crippen LogP contribution >= 0.6 is 0 Å². The number of phenols is 2. The highest BCUT2D eigenvalue weighted by Crippen LogP contribution is 2.42. The Labute approximate surface area is 287 Å². The van der Waals surface area contributed by atoms with Crippen LogP contribution in [0.1, 0.15) is 134 Å². The van der Waals surface area contributed by atoms with Gasteiger partial charge in [0, 0.05) is 31.2 Å². The van der Waals surface area contributed by atoms with Gasteiger partial charge in [-0.25, -0.2) is 0 Å². The van der Waals surface area contributed by atoms with Crippen molar-refractivity contribution in [1.82, 2.24) is 0 Å². The number of rotatable bonds is 3. The van der Waals surface area contributed by atoms with Crippen LogP contribution in [-0.2, 0) is 41.9 Å². The number of ether oxygens (including phenoxy) is 2. The molecule has 254 valence electrons. The average Bonchev–Trinajstić information content (AvgIpc) is 2.98. The van der Waals surface area contributed by atoms with Gasteiger partial charge in [-0.15, -0.1) is 0 Å². The van der Waals surface area contributed by atoms with E-state index in [0.717, 1.165) is 67.9 Å². The number of hydrogen-bond acceptors (Lipinski definition) is 5. The summed E-state index contributed by atoms with van der Waals surface area (Å²) in [6, 6.07) is 16.5. The first-order chi connectivity index (χ1) is 22.3. The molecule has 4 aromatic carbocycles. The molecule has 0 radical (unpaired) electrons. The molecular weight excluding hydrogens is 596 g/mol. The summed E-state index contributed by atoms with van der Waals surface area (Å²) in [5.41, 5.74) is 10.1. The Morgan fingerprint density at radius 1 is 0.479 bits per heavy atom. The van der Waals surface area contributed by atoms with E-state index in [-0.39, 0.29) is 27.7 Å². The van der Waals surface area contributed by atoms with Crippen molar-refractivity contribution >= 4 is 6.29 Å². The normalized spacial score (nSPS) is 13.6. The van der Waals surface area contributed by atoms with Gasteiger partial charge in [-0.1, -0.05) is 98.7 Å². The van der Waals surface area contributed by atoms with Crippen molar-refractivity contribution < 1.29 is 24.5 Å². The lowest BCUT2D eigenvalue weighted by Gasteiger charge is -2.27. The minimum atomic E-state index is -0.168. The van der Waals surface area contributed by atoms with Crippen molar-refractivity contribution in [3.8, 4) is 23.0 Å². The first-order valence-electron chi connectivity index (χ1n) is 16.9. The summed E-state index contributed by atoms with van der Waals surface area (Å²) in [5, 5.41) is 23.9. The summed E-state index contributed by atoms with van der Waals surface area (Å²) in [6.45, 7) is 19.7. The van der Waals surface area contributed by atoms with Crippen molar-refractivity contribution in [2.45, 2.75) is 104 Å². The zero-order chi connectivity index (χ0) is 35.3. The fourth-order valence-corrected chi connectivity index (χ4v) is 6.83. The summed E-state index contributed by atoms with van der Waals surface area (Å²) >= 11 is 0. The third-order valence-corrected chi connectivity index (χ3v) is 9.71. The van der Waals surface area contributed by atoms with E-state index >= 15 is 0 Å². The van der Waals surface area contributed by atoms with E-state index in [0.29, 0.717) is 42.4 Å². The van der Waals surface area contributed by atoms with Gasteiger partial charge in [0.15, 0.2) is 0 Å². The van der Waals surface area contributed by atoms with Crippen molar-refractivity contribution in [3.05, 3.63) is 115 Å². The highest BCUT2D eigenvalue weighted by Gasteiger charge is 2.27. The van der Waals surface area contributed by atoms with Crippen LogP contribution in [0, 0.1) is 0 Å². The maximum absolute atomic E-state index is 12.3. The second kappa shape index (κ2) is 12.7. The molecule has 0 spiro atoms. The fraction of sp³-hybridized carbons (Fsp3) is 0.419. The van der Waals surface area contributed by atoms with Crippen molar-refractivity contribution in [2.24, 2.45) is 0 Å². The first kappa shape index (κ1) is 35.1.